The van der Waals surface area contributed by atoms with Gasteiger partial charge in [-0.1, -0.05) is 6.07 Å². The molecule has 1 aliphatic heterocycles. The Morgan fingerprint density at radius 2 is 1.94 bits per heavy atom. The number of anilines is 1. The molecule has 2 aromatic rings. The maximum absolute atomic E-state index is 13.1. The van der Waals surface area contributed by atoms with Crippen LogP contribution in [-0.4, -0.2) is 58.6 Å². The molecule has 1 aromatic heterocycles. The molecule has 0 saturated carbocycles. The Bertz CT molecular complexity index is 1050. The predicted octanol–water partition coefficient (Wildman–Crippen LogP) is 4.54. The van der Waals surface area contributed by atoms with E-state index in [1.54, 1.807) is 23.4 Å². The SMILES string of the molecule is CC(C)(C)OC(=O)N(CCCNC(=O)c1cc([N+](=O)[O-])ccc1N1CCCCC1)Cc1cccnc1. The summed E-state index contributed by atoms with van der Waals surface area (Å²) in [6.07, 6.45) is 6.60. The second kappa shape index (κ2) is 12.3. The van der Waals surface area contributed by atoms with Crippen LogP contribution < -0.4 is 10.2 Å². The van der Waals surface area contributed by atoms with Crippen molar-refractivity contribution in [2.45, 2.75) is 58.6 Å². The molecule has 2 amide bonds. The minimum Gasteiger partial charge on any atom is -0.444 e. The Balaban J connectivity index is 1.65. The number of carbonyl (C=O) groups is 2. The number of nitrogens with one attached hydrogen (secondary N) is 1. The first-order chi connectivity index (χ1) is 17.1. The van der Waals surface area contributed by atoms with Crippen molar-refractivity contribution >= 4 is 23.4 Å². The summed E-state index contributed by atoms with van der Waals surface area (Å²) in [4.78, 5) is 44.5. The van der Waals surface area contributed by atoms with E-state index in [-0.39, 0.29) is 11.6 Å². The lowest BCUT2D eigenvalue weighted by atomic mass is 10.1. The highest BCUT2D eigenvalue weighted by atomic mass is 16.6. The van der Waals surface area contributed by atoms with Crippen molar-refractivity contribution in [3.63, 3.8) is 0 Å². The van der Waals surface area contributed by atoms with E-state index >= 15 is 0 Å². The van der Waals surface area contributed by atoms with E-state index in [0.29, 0.717) is 37.3 Å². The van der Waals surface area contributed by atoms with Crippen LogP contribution in [0.3, 0.4) is 0 Å². The van der Waals surface area contributed by atoms with Gasteiger partial charge in [-0.2, -0.15) is 0 Å². The van der Waals surface area contributed by atoms with Crippen LogP contribution in [0.2, 0.25) is 0 Å². The molecule has 3 rings (SSSR count). The fraction of sp³-hybridized carbons (Fsp3) is 0.500. The van der Waals surface area contributed by atoms with Crippen LogP contribution in [0, 0.1) is 10.1 Å². The number of hydrogen-bond acceptors (Lipinski definition) is 7. The van der Waals surface area contributed by atoms with E-state index < -0.39 is 16.6 Å². The van der Waals surface area contributed by atoms with E-state index in [9.17, 15) is 19.7 Å². The number of amides is 2. The third-order valence-corrected chi connectivity index (χ3v) is 5.77. The number of nitrogens with zero attached hydrogens (tertiary/aromatic N) is 4. The van der Waals surface area contributed by atoms with Gasteiger partial charge in [-0.25, -0.2) is 4.79 Å². The van der Waals surface area contributed by atoms with E-state index in [4.69, 9.17) is 4.74 Å². The van der Waals surface area contributed by atoms with Gasteiger partial charge in [0.05, 0.1) is 22.7 Å². The molecule has 1 aliphatic rings. The predicted molar refractivity (Wildman–Crippen MR) is 137 cm³/mol. The number of nitro benzene ring substituents is 1. The number of pyridine rings is 1. The van der Waals surface area contributed by atoms with Crippen molar-refractivity contribution in [3.8, 4) is 0 Å². The number of nitro groups is 1. The minimum absolute atomic E-state index is 0.117. The first-order valence-corrected chi connectivity index (χ1v) is 12.3. The lowest BCUT2D eigenvalue weighted by Gasteiger charge is -2.30. The van der Waals surface area contributed by atoms with Crippen molar-refractivity contribution in [1.29, 1.82) is 0 Å². The van der Waals surface area contributed by atoms with Crippen LogP contribution in [0.4, 0.5) is 16.2 Å². The van der Waals surface area contributed by atoms with Crippen LogP contribution in [0.5, 0.6) is 0 Å². The molecule has 1 aromatic carbocycles. The van der Waals surface area contributed by atoms with Gasteiger partial charge in [-0.15, -0.1) is 0 Å². The van der Waals surface area contributed by atoms with E-state index in [1.165, 1.54) is 12.1 Å². The van der Waals surface area contributed by atoms with Crippen molar-refractivity contribution < 1.29 is 19.2 Å². The Kier molecular flexibility index (Phi) is 9.21. The first-order valence-electron chi connectivity index (χ1n) is 12.3. The smallest absolute Gasteiger partial charge is 0.410 e. The Morgan fingerprint density at radius 3 is 2.58 bits per heavy atom. The van der Waals surface area contributed by atoms with Gasteiger partial charge in [0.15, 0.2) is 0 Å². The van der Waals surface area contributed by atoms with Gasteiger partial charge < -0.3 is 19.9 Å². The summed E-state index contributed by atoms with van der Waals surface area (Å²) in [6.45, 7) is 8.06. The third kappa shape index (κ3) is 7.93. The van der Waals surface area contributed by atoms with Crippen molar-refractivity contribution in [3.05, 3.63) is 64.0 Å². The zero-order valence-electron chi connectivity index (χ0n) is 21.2. The lowest BCUT2D eigenvalue weighted by Crippen LogP contribution is -2.38. The third-order valence-electron chi connectivity index (χ3n) is 5.77. The molecule has 0 unspecified atom stereocenters. The van der Waals surface area contributed by atoms with Gasteiger partial charge in [-0.05, 0) is 64.2 Å². The standard InChI is InChI=1S/C26H35N5O5/c1-26(2,3)36-25(33)30(19-20-9-7-12-27-18-20)16-8-13-28-24(32)22-17-21(31(34)35)10-11-23(22)29-14-5-4-6-15-29/h7,9-12,17-18H,4-6,8,13-16,19H2,1-3H3,(H,28,32). The Morgan fingerprint density at radius 1 is 1.19 bits per heavy atom. The highest BCUT2D eigenvalue weighted by molar-refractivity contribution is 6.00. The number of benzene rings is 1. The average molecular weight is 498 g/mol. The molecule has 10 heteroatoms. The minimum atomic E-state index is -0.634. The average Bonchev–Trinajstić information content (AvgIpc) is 2.85. The number of hydrogen-bond donors (Lipinski definition) is 1. The second-order valence-corrected chi connectivity index (χ2v) is 9.88. The van der Waals surface area contributed by atoms with Crippen molar-refractivity contribution in [2.75, 3.05) is 31.1 Å². The molecule has 1 fully saturated rings. The van der Waals surface area contributed by atoms with E-state index in [0.717, 1.165) is 37.9 Å². The summed E-state index contributed by atoms with van der Waals surface area (Å²) in [5, 5.41) is 14.2. The summed E-state index contributed by atoms with van der Waals surface area (Å²) in [6, 6.07) is 8.14. The molecule has 10 nitrogen and oxygen atoms in total. The normalized spacial score (nSPS) is 13.7. The van der Waals surface area contributed by atoms with E-state index in [1.807, 2.05) is 32.9 Å². The van der Waals surface area contributed by atoms with Gasteiger partial charge in [0.2, 0.25) is 0 Å². The van der Waals surface area contributed by atoms with Crippen LogP contribution in [0.15, 0.2) is 42.7 Å². The van der Waals surface area contributed by atoms with Gasteiger partial charge in [0.1, 0.15) is 5.60 Å². The van der Waals surface area contributed by atoms with Crippen LogP contribution >= 0.6 is 0 Å². The Hall–Kier alpha value is -3.69. The zero-order chi connectivity index (χ0) is 26.1. The molecule has 194 valence electrons. The summed E-state index contributed by atoms with van der Waals surface area (Å²) >= 11 is 0. The fourth-order valence-corrected chi connectivity index (χ4v) is 4.07. The molecular weight excluding hydrogens is 462 g/mol. The quantitative estimate of drug-likeness (QED) is 0.307. The molecule has 0 bridgehead atoms. The van der Waals surface area contributed by atoms with Crippen molar-refractivity contribution in [1.82, 2.24) is 15.2 Å². The molecule has 1 N–H and O–H groups in total. The van der Waals surface area contributed by atoms with Gasteiger partial charge in [0, 0.05) is 50.7 Å². The lowest BCUT2D eigenvalue weighted by molar-refractivity contribution is -0.384. The number of ether oxygens (including phenoxy) is 1. The monoisotopic (exact) mass is 497 g/mol. The summed E-state index contributed by atoms with van der Waals surface area (Å²) in [5.41, 5.74) is 1.13. The number of piperidine rings is 1. The van der Waals surface area contributed by atoms with Gasteiger partial charge in [0.25, 0.3) is 11.6 Å². The zero-order valence-corrected chi connectivity index (χ0v) is 21.2. The molecule has 0 radical (unpaired) electrons. The molecule has 36 heavy (non-hydrogen) atoms. The van der Waals surface area contributed by atoms with Gasteiger partial charge in [-0.3, -0.25) is 19.9 Å². The van der Waals surface area contributed by atoms with E-state index in [2.05, 4.69) is 15.2 Å². The second-order valence-electron chi connectivity index (χ2n) is 9.88. The number of aromatic nitrogens is 1. The Labute approximate surface area is 211 Å². The molecule has 0 spiro atoms. The van der Waals surface area contributed by atoms with Crippen LogP contribution in [-0.2, 0) is 11.3 Å². The highest BCUT2D eigenvalue weighted by Gasteiger charge is 2.24. The summed E-state index contributed by atoms with van der Waals surface area (Å²) < 4.78 is 5.55. The number of rotatable bonds is 9. The van der Waals surface area contributed by atoms with Crippen molar-refractivity contribution in [2.24, 2.45) is 0 Å². The molecule has 0 aliphatic carbocycles. The largest absolute Gasteiger partial charge is 0.444 e. The topological polar surface area (TPSA) is 118 Å². The van der Waals surface area contributed by atoms with Crippen LogP contribution in [0.1, 0.15) is 62.4 Å². The van der Waals surface area contributed by atoms with Crippen LogP contribution in [0.25, 0.3) is 0 Å². The molecule has 1 saturated heterocycles. The maximum atomic E-state index is 13.1. The summed E-state index contributed by atoms with van der Waals surface area (Å²) in [7, 11) is 0. The number of non-ortho nitro benzene ring substituents is 1. The fourth-order valence-electron chi connectivity index (χ4n) is 4.07. The maximum Gasteiger partial charge on any atom is 0.410 e. The summed E-state index contributed by atoms with van der Waals surface area (Å²) in [5.74, 6) is -0.365. The number of carbonyl (C=O) groups excluding carboxylic acids is 2. The first kappa shape index (κ1) is 26.9. The highest BCUT2D eigenvalue weighted by Crippen LogP contribution is 2.28. The molecule has 2 heterocycles. The molecule has 0 atom stereocenters. The molecular formula is C26H35N5O5. The van der Waals surface area contributed by atoms with Gasteiger partial charge >= 0.3 is 6.09 Å².